The molecule has 0 radical (unpaired) electrons. The Hall–Kier alpha value is -4.03. The Labute approximate surface area is 399 Å². The van der Waals surface area contributed by atoms with E-state index in [4.69, 9.17) is 9.47 Å². The summed E-state index contributed by atoms with van der Waals surface area (Å²) in [7, 11) is 0. The molecule has 5 fully saturated rings. The summed E-state index contributed by atoms with van der Waals surface area (Å²) in [5.74, 6) is -11.5. The summed E-state index contributed by atoms with van der Waals surface area (Å²) < 4.78 is 12.3. The van der Waals surface area contributed by atoms with Crippen LogP contribution in [0.25, 0.3) is 0 Å². The minimum atomic E-state index is -2.74. The number of amides is 6. The fourth-order valence-corrected chi connectivity index (χ4v) is 10.6. The van der Waals surface area contributed by atoms with Crippen molar-refractivity contribution < 1.29 is 68.8 Å². The van der Waals surface area contributed by atoms with Crippen molar-refractivity contribution in [1.29, 1.82) is 0 Å². The van der Waals surface area contributed by atoms with Gasteiger partial charge in [-0.15, -0.1) is 0 Å². The predicted octanol–water partition coefficient (Wildman–Crippen LogP) is 0.669. The number of esters is 1. The van der Waals surface area contributed by atoms with Gasteiger partial charge in [0, 0.05) is 32.6 Å². The molecule has 6 amide bonds. The SMILES string of the molecule is CCCN1CCCC2C(=O)N(O)CC(=O)N3NCCCC3C(=O)N3CCC(C)(O)C3C(=O)N(O)C(C(C)C)C(=O)OC(C(C)C)C(NC(=O)C(C)(O)C3(O)CCC(CC(C)C)C(CC)O3)C(=O)N21. The summed E-state index contributed by atoms with van der Waals surface area (Å²) >= 11 is 0. The first-order valence-corrected chi connectivity index (χ1v) is 24.6. The van der Waals surface area contributed by atoms with Gasteiger partial charge >= 0.3 is 5.97 Å². The topological polar surface area (TPSA) is 283 Å². The fraction of sp³-hybridized carbons (Fsp3) is 0.848. The molecule has 7 N–H and O–H groups in total. The van der Waals surface area contributed by atoms with E-state index in [1.807, 2.05) is 13.8 Å². The number of aliphatic hydroxyl groups is 3. The van der Waals surface area contributed by atoms with Crippen LogP contribution in [0.3, 0.4) is 0 Å². The molecule has 5 rings (SSSR count). The Morgan fingerprint density at radius 2 is 1.54 bits per heavy atom. The van der Waals surface area contributed by atoms with Gasteiger partial charge < -0.3 is 35.0 Å². The zero-order chi connectivity index (χ0) is 50.8. The molecule has 0 aliphatic carbocycles. The van der Waals surface area contributed by atoms with E-state index in [9.17, 15) is 54.5 Å². The Kier molecular flexibility index (Phi) is 17.7. The van der Waals surface area contributed by atoms with Crippen LogP contribution in [0.15, 0.2) is 0 Å². The van der Waals surface area contributed by atoms with Crippen molar-refractivity contribution in [2.24, 2.45) is 23.7 Å². The second-order valence-electron chi connectivity index (χ2n) is 20.9. The highest BCUT2D eigenvalue weighted by Gasteiger charge is 2.59. The van der Waals surface area contributed by atoms with E-state index in [0.29, 0.717) is 38.0 Å². The van der Waals surface area contributed by atoms with Gasteiger partial charge in [0.25, 0.3) is 29.5 Å². The van der Waals surface area contributed by atoms with Crippen molar-refractivity contribution >= 4 is 41.4 Å². The number of carbonyl (C=O) groups is 7. The fourth-order valence-electron chi connectivity index (χ4n) is 10.6. The zero-order valence-electron chi connectivity index (χ0n) is 41.6. The molecule has 22 heteroatoms. The third-order valence-corrected chi connectivity index (χ3v) is 14.4. The second-order valence-corrected chi connectivity index (χ2v) is 20.9. The zero-order valence-corrected chi connectivity index (χ0v) is 41.6. The molecule has 5 aliphatic rings. The summed E-state index contributed by atoms with van der Waals surface area (Å²) in [5.41, 5.74) is -1.82. The molecule has 0 bridgehead atoms. The standard InChI is InChI=1S/C46H78N8O14/c1-11-21-49-22-14-16-31-39(57)51(65)25-33(55)52-30(15-13-20-47-52)38(56)50-23-19-44(9,62)37(50)41(59)54(66)35(27(5)6)42(60)67-36(28(7)8)34(40(58)53(31)49)48-43(61)45(10,63)46(64)18-17-29(24-26(3)4)32(12-2)68-46/h26-32,34-37,47,62-66H,11-25H2,1-10H3,(H,48,61). The molecule has 0 aromatic rings. The molecule has 11 atom stereocenters. The molecule has 5 saturated heterocycles. The number of carbonyl (C=O) groups excluding carboxylic acids is 7. The van der Waals surface area contributed by atoms with Crippen LogP contribution in [0.1, 0.15) is 133 Å². The Bertz CT molecular complexity index is 1860. The average molecular weight is 967 g/mol. The van der Waals surface area contributed by atoms with Crippen LogP contribution in [0.2, 0.25) is 0 Å². The first-order valence-electron chi connectivity index (χ1n) is 24.6. The molecule has 0 spiro atoms. The van der Waals surface area contributed by atoms with Crippen molar-refractivity contribution in [3.05, 3.63) is 0 Å². The lowest BCUT2D eigenvalue weighted by Crippen LogP contribution is -2.70. The van der Waals surface area contributed by atoms with Gasteiger partial charge in [-0.1, -0.05) is 55.4 Å². The lowest BCUT2D eigenvalue weighted by molar-refractivity contribution is -0.329. The molecule has 386 valence electrons. The lowest BCUT2D eigenvalue weighted by Gasteiger charge is -2.49. The highest BCUT2D eigenvalue weighted by atomic mass is 16.6. The molecule has 5 aliphatic heterocycles. The van der Waals surface area contributed by atoms with Crippen molar-refractivity contribution in [2.45, 2.75) is 193 Å². The van der Waals surface area contributed by atoms with E-state index in [0.717, 1.165) is 28.3 Å². The van der Waals surface area contributed by atoms with Gasteiger partial charge in [-0.05, 0) is 95.3 Å². The lowest BCUT2D eigenvalue weighted by atomic mass is 9.78. The Morgan fingerprint density at radius 3 is 2.15 bits per heavy atom. The quantitative estimate of drug-likeness (QED) is 0.117. The summed E-state index contributed by atoms with van der Waals surface area (Å²) in [4.78, 5) is 103. The molecular weight excluding hydrogens is 889 g/mol. The minimum absolute atomic E-state index is 0.0175. The van der Waals surface area contributed by atoms with Gasteiger partial charge in [0.05, 0.1) is 11.7 Å². The first kappa shape index (κ1) is 54.9. The number of rotatable bonds is 10. The van der Waals surface area contributed by atoms with Crippen LogP contribution in [0.5, 0.6) is 0 Å². The smallest absolute Gasteiger partial charge is 0.332 e. The van der Waals surface area contributed by atoms with Crippen LogP contribution >= 0.6 is 0 Å². The predicted molar refractivity (Wildman–Crippen MR) is 241 cm³/mol. The number of hydroxylamine groups is 4. The number of hydrogen-bond donors (Lipinski definition) is 7. The van der Waals surface area contributed by atoms with Crippen LogP contribution in [-0.4, -0.2) is 189 Å². The monoisotopic (exact) mass is 967 g/mol. The normalized spacial score (nSPS) is 34.4. The number of hydrogen-bond acceptors (Lipinski definition) is 16. The molecule has 0 aromatic carbocycles. The van der Waals surface area contributed by atoms with E-state index in [-0.39, 0.29) is 67.9 Å². The van der Waals surface area contributed by atoms with Crippen molar-refractivity contribution in [3.8, 4) is 0 Å². The first-order chi connectivity index (χ1) is 31.7. The van der Waals surface area contributed by atoms with Crippen molar-refractivity contribution in [1.82, 2.24) is 40.8 Å². The Balaban J connectivity index is 1.66. The molecule has 5 heterocycles. The van der Waals surface area contributed by atoms with Crippen molar-refractivity contribution in [3.63, 3.8) is 0 Å². The molecule has 22 nitrogen and oxygen atoms in total. The third-order valence-electron chi connectivity index (χ3n) is 14.4. The van der Waals surface area contributed by atoms with Gasteiger partial charge in [-0.3, -0.25) is 49.2 Å². The van der Waals surface area contributed by atoms with Crippen LogP contribution in [0.4, 0.5) is 0 Å². The van der Waals surface area contributed by atoms with E-state index < -0.39 is 119 Å². The number of nitrogens with zero attached hydrogens (tertiary/aromatic N) is 6. The molecule has 68 heavy (non-hydrogen) atoms. The maximum atomic E-state index is 15.5. The third kappa shape index (κ3) is 11.1. The van der Waals surface area contributed by atoms with E-state index in [1.165, 1.54) is 20.8 Å². The number of ether oxygens (including phenoxy) is 2. The van der Waals surface area contributed by atoms with Gasteiger partial charge in [0.2, 0.25) is 11.7 Å². The highest BCUT2D eigenvalue weighted by molar-refractivity contribution is 5.97. The summed E-state index contributed by atoms with van der Waals surface area (Å²) in [6.45, 7) is 15.8. The van der Waals surface area contributed by atoms with Crippen LogP contribution in [-0.2, 0) is 43.0 Å². The average Bonchev–Trinajstić information content (AvgIpc) is 3.60. The minimum Gasteiger partial charge on any atom is -0.458 e. The molecule has 0 saturated carbocycles. The van der Waals surface area contributed by atoms with E-state index in [2.05, 4.69) is 24.6 Å². The summed E-state index contributed by atoms with van der Waals surface area (Å²) in [6.07, 6.45) is 0.407. The molecule has 0 aromatic heterocycles. The summed E-state index contributed by atoms with van der Waals surface area (Å²) in [6, 6.07) is -8.32. The van der Waals surface area contributed by atoms with Crippen LogP contribution in [0, 0.1) is 23.7 Å². The maximum Gasteiger partial charge on any atom is 0.332 e. The van der Waals surface area contributed by atoms with Gasteiger partial charge in [0.1, 0.15) is 36.8 Å². The molecule has 11 unspecified atom stereocenters. The number of hydrazine groups is 2. The van der Waals surface area contributed by atoms with Gasteiger partial charge in [0.15, 0.2) is 11.6 Å². The van der Waals surface area contributed by atoms with Gasteiger partial charge in [-0.25, -0.2) is 25.4 Å². The molecular formula is C46H78N8O14. The van der Waals surface area contributed by atoms with Crippen molar-refractivity contribution in [2.75, 3.05) is 32.7 Å². The second kappa shape index (κ2) is 21.9. The summed E-state index contributed by atoms with van der Waals surface area (Å²) in [5, 5.41) is 65.4. The van der Waals surface area contributed by atoms with E-state index in [1.54, 1.807) is 18.9 Å². The number of nitrogens with one attached hydrogen (secondary N) is 2. The van der Waals surface area contributed by atoms with Gasteiger partial charge in [-0.2, -0.15) is 0 Å². The van der Waals surface area contributed by atoms with Crippen LogP contribution < -0.4 is 10.7 Å². The largest absolute Gasteiger partial charge is 0.458 e. The number of cyclic esters (lactones) is 1. The Morgan fingerprint density at radius 1 is 0.882 bits per heavy atom. The maximum absolute atomic E-state index is 15.5. The van der Waals surface area contributed by atoms with E-state index >= 15 is 4.79 Å². The highest BCUT2D eigenvalue weighted by Crippen LogP contribution is 2.42. The number of fused-ring (bicyclic) bond motifs is 3.